The van der Waals surface area contributed by atoms with Crippen LogP contribution < -0.4 is 9.80 Å². The van der Waals surface area contributed by atoms with Gasteiger partial charge in [0.1, 0.15) is 0 Å². The number of azide groups is 1. The van der Waals surface area contributed by atoms with Crippen molar-refractivity contribution in [2.75, 3.05) is 16.4 Å². The third-order valence-corrected chi connectivity index (χ3v) is 5.89. The van der Waals surface area contributed by atoms with Crippen molar-refractivity contribution in [2.45, 2.75) is 65.1 Å². The number of unbranched alkanes of at least 4 members (excludes halogenated alkanes) is 1. The largest absolute Gasteiger partial charge is 0.449 e. The van der Waals surface area contributed by atoms with E-state index in [1.54, 1.807) is 4.90 Å². The molecule has 3 rings (SSSR count). The molecule has 0 bridgehead atoms. The Labute approximate surface area is 194 Å². The Hall–Kier alpha value is -3.51. The average Bonchev–Trinajstić information content (AvgIpc) is 2.83. The summed E-state index contributed by atoms with van der Waals surface area (Å²) in [6, 6.07) is 14.8. The van der Waals surface area contributed by atoms with Crippen molar-refractivity contribution in [1.82, 2.24) is 0 Å². The highest BCUT2D eigenvalue weighted by Crippen LogP contribution is 2.42. The van der Waals surface area contributed by atoms with Crippen molar-refractivity contribution in [1.29, 1.82) is 0 Å². The number of benzene rings is 2. The van der Waals surface area contributed by atoms with E-state index in [9.17, 15) is 9.59 Å². The molecule has 0 saturated carbocycles. The second-order valence-electron chi connectivity index (χ2n) is 8.17. The molecule has 1 aliphatic rings. The van der Waals surface area contributed by atoms with Crippen LogP contribution in [0.15, 0.2) is 53.6 Å². The van der Waals surface area contributed by atoms with Gasteiger partial charge in [0.25, 0.3) is 0 Å². The quantitative estimate of drug-likeness (QED) is 0.199. The summed E-state index contributed by atoms with van der Waals surface area (Å²) in [5.74, 6) is 0.0628. The number of hydrogen-bond donors (Lipinski definition) is 0. The lowest BCUT2D eigenvalue weighted by Gasteiger charge is -2.43. The normalized spacial score (nSPS) is 17.0. The summed E-state index contributed by atoms with van der Waals surface area (Å²) in [5.41, 5.74) is 11.9. The maximum Gasteiger partial charge on any atom is 0.414 e. The maximum atomic E-state index is 13.3. The molecule has 8 heteroatoms. The molecule has 1 heterocycles. The molecule has 2 aromatic carbocycles. The predicted octanol–water partition coefficient (Wildman–Crippen LogP) is 6.52. The molecule has 33 heavy (non-hydrogen) atoms. The predicted molar refractivity (Wildman–Crippen MR) is 129 cm³/mol. The first-order valence-electron chi connectivity index (χ1n) is 11.5. The Morgan fingerprint density at radius 3 is 2.58 bits per heavy atom. The van der Waals surface area contributed by atoms with Crippen molar-refractivity contribution in [3.05, 3.63) is 70.1 Å². The monoisotopic (exact) mass is 449 g/mol. The second kappa shape index (κ2) is 11.4. The molecule has 0 N–H and O–H groups in total. The van der Waals surface area contributed by atoms with Gasteiger partial charge in [-0.25, -0.2) is 4.79 Å². The van der Waals surface area contributed by atoms with E-state index in [1.165, 1.54) is 0 Å². The summed E-state index contributed by atoms with van der Waals surface area (Å²) >= 11 is 0. The Morgan fingerprint density at radius 1 is 1.18 bits per heavy atom. The molecule has 8 nitrogen and oxygen atoms in total. The SMILES string of the molecule is CCCCOC(=O)N(c1ccc(CN=[N+]=[N-])cc1)[C@@H]1C[C@H](C)N(C(=O)CC)c2ccccc21. The van der Waals surface area contributed by atoms with Crippen LogP contribution in [0.4, 0.5) is 16.2 Å². The Kier molecular flexibility index (Phi) is 8.33. The lowest BCUT2D eigenvalue weighted by molar-refractivity contribution is -0.118. The number of ether oxygens (including phenoxy) is 1. The summed E-state index contributed by atoms with van der Waals surface area (Å²) in [4.78, 5) is 32.4. The van der Waals surface area contributed by atoms with Crippen molar-refractivity contribution < 1.29 is 14.3 Å². The fraction of sp³-hybridized carbons (Fsp3) is 0.440. The van der Waals surface area contributed by atoms with Crippen molar-refractivity contribution in [3.63, 3.8) is 0 Å². The lowest BCUT2D eigenvalue weighted by Crippen LogP contribution is -2.47. The van der Waals surface area contributed by atoms with Crippen LogP contribution in [0.5, 0.6) is 0 Å². The molecule has 2 amide bonds. The topological polar surface area (TPSA) is 98.6 Å². The third-order valence-electron chi connectivity index (χ3n) is 5.89. The van der Waals surface area contributed by atoms with Gasteiger partial charge in [-0.3, -0.25) is 9.69 Å². The van der Waals surface area contributed by atoms with Gasteiger partial charge in [-0.1, -0.05) is 55.7 Å². The fourth-order valence-electron chi connectivity index (χ4n) is 4.24. The summed E-state index contributed by atoms with van der Waals surface area (Å²) in [5, 5.41) is 3.60. The van der Waals surface area contributed by atoms with Gasteiger partial charge in [0, 0.05) is 28.7 Å². The van der Waals surface area contributed by atoms with E-state index in [4.69, 9.17) is 10.3 Å². The van der Waals surface area contributed by atoms with Crippen LogP contribution in [-0.2, 0) is 16.1 Å². The number of para-hydroxylation sites is 1. The standard InChI is InChI=1S/C25H31N5O3/c1-4-6-15-33-25(32)30(20-13-11-19(12-14-20)17-27-28-26)23-16-18(3)29(24(31)5-2)22-10-8-7-9-21(22)23/h7-14,18,23H,4-6,15-17H2,1-3H3/t18-,23+/m0/s1. The highest BCUT2D eigenvalue weighted by atomic mass is 16.6. The van der Waals surface area contributed by atoms with Crippen LogP contribution in [0, 0.1) is 0 Å². The minimum absolute atomic E-state index is 0.0628. The molecule has 2 atom stereocenters. The van der Waals surface area contributed by atoms with E-state index >= 15 is 0 Å². The molecule has 0 aromatic heterocycles. The van der Waals surface area contributed by atoms with Gasteiger partial charge in [0.2, 0.25) is 5.91 Å². The van der Waals surface area contributed by atoms with Gasteiger partial charge in [-0.05, 0) is 54.6 Å². The molecule has 0 fully saturated rings. The number of nitrogens with zero attached hydrogens (tertiary/aromatic N) is 5. The van der Waals surface area contributed by atoms with Crippen LogP contribution in [0.3, 0.4) is 0 Å². The Balaban J connectivity index is 2.03. The number of anilines is 2. The summed E-state index contributed by atoms with van der Waals surface area (Å²) < 4.78 is 5.63. The minimum Gasteiger partial charge on any atom is -0.449 e. The van der Waals surface area contributed by atoms with E-state index in [1.807, 2.05) is 74.2 Å². The highest BCUT2D eigenvalue weighted by Gasteiger charge is 2.38. The van der Waals surface area contributed by atoms with Crippen LogP contribution in [0.2, 0.25) is 0 Å². The average molecular weight is 450 g/mol. The van der Waals surface area contributed by atoms with Gasteiger partial charge in [-0.2, -0.15) is 0 Å². The first-order valence-corrected chi connectivity index (χ1v) is 11.5. The Morgan fingerprint density at radius 2 is 1.91 bits per heavy atom. The molecule has 0 radical (unpaired) electrons. The fourth-order valence-corrected chi connectivity index (χ4v) is 4.24. The smallest absolute Gasteiger partial charge is 0.414 e. The van der Waals surface area contributed by atoms with E-state index in [2.05, 4.69) is 10.0 Å². The molecule has 0 spiro atoms. The zero-order valence-electron chi connectivity index (χ0n) is 19.5. The van der Waals surface area contributed by atoms with Crippen LogP contribution in [0.25, 0.3) is 10.4 Å². The van der Waals surface area contributed by atoms with Gasteiger partial charge in [-0.15, -0.1) is 0 Å². The lowest BCUT2D eigenvalue weighted by atomic mass is 9.90. The first-order chi connectivity index (χ1) is 16.0. The molecule has 0 saturated heterocycles. The van der Waals surface area contributed by atoms with Crippen LogP contribution in [-0.4, -0.2) is 24.6 Å². The number of carbonyl (C=O) groups excluding carboxylic acids is 2. The number of rotatable bonds is 8. The van der Waals surface area contributed by atoms with Gasteiger partial charge in [0.15, 0.2) is 0 Å². The van der Waals surface area contributed by atoms with Gasteiger partial charge in [0.05, 0.1) is 19.2 Å². The minimum atomic E-state index is -0.409. The number of carbonyl (C=O) groups is 2. The van der Waals surface area contributed by atoms with E-state index in [-0.39, 0.29) is 24.5 Å². The first kappa shape index (κ1) is 24.1. The highest BCUT2D eigenvalue weighted by molar-refractivity contribution is 5.96. The van der Waals surface area contributed by atoms with E-state index < -0.39 is 6.09 Å². The number of amides is 2. The van der Waals surface area contributed by atoms with Crippen molar-refractivity contribution >= 4 is 23.4 Å². The molecule has 1 aliphatic heterocycles. The van der Waals surface area contributed by atoms with E-state index in [0.717, 1.165) is 29.7 Å². The molecular formula is C25H31N5O3. The Bertz CT molecular complexity index is 1020. The second-order valence-corrected chi connectivity index (χ2v) is 8.17. The van der Waals surface area contributed by atoms with Crippen LogP contribution in [0.1, 0.15) is 63.6 Å². The summed E-state index contributed by atoms with van der Waals surface area (Å²) in [6.07, 6.45) is 2.32. The molecular weight excluding hydrogens is 418 g/mol. The van der Waals surface area contributed by atoms with Crippen molar-refractivity contribution in [2.24, 2.45) is 5.11 Å². The third kappa shape index (κ3) is 5.46. The summed E-state index contributed by atoms with van der Waals surface area (Å²) in [7, 11) is 0. The molecule has 0 unspecified atom stereocenters. The zero-order valence-corrected chi connectivity index (χ0v) is 19.5. The van der Waals surface area contributed by atoms with Crippen LogP contribution >= 0.6 is 0 Å². The molecule has 0 aliphatic carbocycles. The summed E-state index contributed by atoms with van der Waals surface area (Å²) in [6.45, 7) is 6.52. The van der Waals surface area contributed by atoms with Crippen molar-refractivity contribution in [3.8, 4) is 0 Å². The number of fused-ring (bicyclic) bond motifs is 1. The molecule has 2 aromatic rings. The van der Waals surface area contributed by atoms with Gasteiger partial charge < -0.3 is 9.64 Å². The zero-order chi connectivity index (χ0) is 23.8. The van der Waals surface area contributed by atoms with Gasteiger partial charge >= 0.3 is 6.09 Å². The number of hydrogen-bond acceptors (Lipinski definition) is 4. The maximum absolute atomic E-state index is 13.3. The molecule has 174 valence electrons. The van der Waals surface area contributed by atoms with E-state index in [0.29, 0.717) is 25.1 Å².